The lowest BCUT2D eigenvalue weighted by molar-refractivity contribution is 0.0926. The van der Waals surface area contributed by atoms with Crippen molar-refractivity contribution in [1.82, 2.24) is 19.4 Å². The summed E-state index contributed by atoms with van der Waals surface area (Å²) < 4.78 is 32.5. The molecule has 0 aliphatic carbocycles. The maximum Gasteiger partial charge on any atom is 0.254 e. The van der Waals surface area contributed by atoms with Gasteiger partial charge in [-0.15, -0.1) is 0 Å². The molecule has 1 saturated heterocycles. The van der Waals surface area contributed by atoms with Gasteiger partial charge in [0.1, 0.15) is 0 Å². The molecule has 0 spiro atoms. The van der Waals surface area contributed by atoms with Crippen molar-refractivity contribution in [2.45, 2.75) is 12.6 Å². The van der Waals surface area contributed by atoms with Crippen LogP contribution in [-0.4, -0.2) is 67.5 Å². The molecule has 2 aromatic rings. The second-order valence-electron chi connectivity index (χ2n) is 6.85. The maximum absolute atomic E-state index is 12.5. The fourth-order valence-corrected chi connectivity index (χ4v) is 4.10. The molecule has 1 aliphatic rings. The van der Waals surface area contributed by atoms with Crippen molar-refractivity contribution in [1.29, 1.82) is 0 Å². The Bertz CT molecular complexity index is 880. The Kier molecular flexibility index (Phi) is 5.93. The van der Waals surface area contributed by atoms with E-state index in [-0.39, 0.29) is 23.6 Å². The number of hydrogen-bond acceptors (Lipinski definition) is 5. The topological polar surface area (TPSA) is 93.5 Å². The Morgan fingerprint density at radius 2 is 2.04 bits per heavy atom. The van der Waals surface area contributed by atoms with Crippen molar-refractivity contribution in [2.75, 3.05) is 33.1 Å². The molecule has 0 bridgehead atoms. The highest BCUT2D eigenvalue weighted by Gasteiger charge is 2.34. The summed E-state index contributed by atoms with van der Waals surface area (Å²) in [7, 11) is -0.360. The summed E-state index contributed by atoms with van der Waals surface area (Å²) >= 11 is 0. The molecule has 0 saturated carbocycles. The van der Waals surface area contributed by atoms with Crippen LogP contribution in [0.4, 0.5) is 0 Å². The smallest absolute Gasteiger partial charge is 0.254 e. The van der Waals surface area contributed by atoms with Gasteiger partial charge in [0.05, 0.1) is 43.3 Å². The van der Waals surface area contributed by atoms with Gasteiger partial charge in [0.15, 0.2) is 0 Å². The van der Waals surface area contributed by atoms with Gasteiger partial charge in [0.2, 0.25) is 10.0 Å². The number of rotatable bonds is 7. The summed E-state index contributed by atoms with van der Waals surface area (Å²) in [4.78, 5) is 12.5. The highest BCUT2D eigenvalue weighted by Crippen LogP contribution is 2.18. The van der Waals surface area contributed by atoms with Crippen LogP contribution in [0.2, 0.25) is 0 Å². The van der Waals surface area contributed by atoms with Gasteiger partial charge in [-0.1, -0.05) is 30.3 Å². The first-order valence-corrected chi connectivity index (χ1v) is 10.3. The lowest BCUT2D eigenvalue weighted by atomic mass is 10.1. The molecule has 9 heteroatoms. The Morgan fingerprint density at radius 1 is 1.30 bits per heavy atom. The molecule has 8 nitrogen and oxygen atoms in total. The Morgan fingerprint density at radius 3 is 2.74 bits per heavy atom. The third-order valence-corrected chi connectivity index (χ3v) is 6.54. The molecule has 1 aromatic carbocycles. The predicted octanol–water partition coefficient (Wildman–Crippen LogP) is 0.568. The quantitative estimate of drug-likeness (QED) is 0.743. The van der Waals surface area contributed by atoms with Crippen LogP contribution in [-0.2, 0) is 21.3 Å². The van der Waals surface area contributed by atoms with E-state index in [4.69, 9.17) is 4.74 Å². The predicted molar refractivity (Wildman–Crippen MR) is 101 cm³/mol. The first-order valence-electron chi connectivity index (χ1n) is 8.70. The van der Waals surface area contributed by atoms with E-state index in [0.29, 0.717) is 25.3 Å². The Balaban J connectivity index is 1.61. The van der Waals surface area contributed by atoms with Gasteiger partial charge in [-0.05, 0) is 5.56 Å². The number of nitrogens with zero attached hydrogens (tertiary/aromatic N) is 3. The molecule has 146 valence electrons. The molecule has 1 fully saturated rings. The monoisotopic (exact) mass is 392 g/mol. The van der Waals surface area contributed by atoms with E-state index in [9.17, 15) is 13.2 Å². The van der Waals surface area contributed by atoms with Crippen molar-refractivity contribution < 1.29 is 17.9 Å². The zero-order valence-corrected chi connectivity index (χ0v) is 16.2. The van der Waals surface area contributed by atoms with E-state index >= 15 is 0 Å². The third kappa shape index (κ3) is 4.94. The molecule has 1 N–H and O–H groups in total. The van der Waals surface area contributed by atoms with E-state index in [2.05, 4.69) is 10.4 Å². The van der Waals surface area contributed by atoms with Crippen LogP contribution in [0.5, 0.6) is 0 Å². The molecule has 0 radical (unpaired) electrons. The molecule has 2 heterocycles. The van der Waals surface area contributed by atoms with Gasteiger partial charge in [-0.25, -0.2) is 12.7 Å². The summed E-state index contributed by atoms with van der Waals surface area (Å²) in [6.07, 6.45) is 3.20. The van der Waals surface area contributed by atoms with Gasteiger partial charge in [-0.2, -0.15) is 5.10 Å². The normalized spacial score (nSPS) is 20.1. The van der Waals surface area contributed by atoms with Crippen LogP contribution in [0.1, 0.15) is 15.9 Å². The Labute approximate surface area is 159 Å². The molecule has 2 atom stereocenters. The molecular formula is C18H24N4O4S. The number of aromatic nitrogens is 2. The third-order valence-electron chi connectivity index (χ3n) is 4.58. The highest BCUT2D eigenvalue weighted by atomic mass is 32.2. The van der Waals surface area contributed by atoms with E-state index in [1.807, 2.05) is 30.3 Å². The van der Waals surface area contributed by atoms with Crippen LogP contribution in [0.3, 0.4) is 0 Å². The van der Waals surface area contributed by atoms with Crippen molar-refractivity contribution in [3.8, 4) is 0 Å². The number of amides is 1. The van der Waals surface area contributed by atoms with Crippen LogP contribution < -0.4 is 5.32 Å². The number of carbonyl (C=O) groups excluding carboxylic acids is 1. The average molecular weight is 392 g/mol. The number of sulfonamides is 1. The fourth-order valence-electron chi connectivity index (χ4n) is 2.93. The van der Waals surface area contributed by atoms with Gasteiger partial charge < -0.3 is 10.1 Å². The minimum Gasteiger partial charge on any atom is -0.379 e. The van der Waals surface area contributed by atoms with E-state index in [0.717, 1.165) is 5.56 Å². The van der Waals surface area contributed by atoms with Crippen LogP contribution >= 0.6 is 0 Å². The first-order chi connectivity index (χ1) is 12.8. The van der Waals surface area contributed by atoms with Crippen molar-refractivity contribution in [3.63, 3.8) is 0 Å². The largest absolute Gasteiger partial charge is 0.379 e. The second kappa shape index (κ2) is 8.20. The molecule has 1 aromatic heterocycles. The maximum atomic E-state index is 12.5. The van der Waals surface area contributed by atoms with Crippen LogP contribution in [0.15, 0.2) is 42.7 Å². The van der Waals surface area contributed by atoms with Gasteiger partial charge in [-0.3, -0.25) is 9.48 Å². The van der Waals surface area contributed by atoms with Crippen LogP contribution in [0.25, 0.3) is 0 Å². The van der Waals surface area contributed by atoms with Crippen molar-refractivity contribution in [3.05, 3.63) is 53.9 Å². The number of carbonyl (C=O) groups is 1. The van der Waals surface area contributed by atoms with Crippen LogP contribution in [0, 0.1) is 5.92 Å². The average Bonchev–Trinajstić information content (AvgIpc) is 3.25. The molecular weight excluding hydrogens is 368 g/mol. The van der Waals surface area contributed by atoms with Gasteiger partial charge in [0, 0.05) is 26.2 Å². The Hall–Kier alpha value is -2.23. The lowest BCUT2D eigenvalue weighted by Crippen LogP contribution is -2.43. The van der Waals surface area contributed by atoms with E-state index < -0.39 is 10.0 Å². The zero-order valence-electron chi connectivity index (χ0n) is 15.4. The zero-order chi connectivity index (χ0) is 19.4. The summed E-state index contributed by atoms with van der Waals surface area (Å²) in [5, 5.41) is 7.11. The summed E-state index contributed by atoms with van der Waals surface area (Å²) in [6.45, 7) is 1.19. The van der Waals surface area contributed by atoms with E-state index in [1.165, 1.54) is 24.6 Å². The molecule has 3 rings (SSSR count). The fraction of sp³-hybridized carbons (Fsp3) is 0.444. The standard InChI is InChI=1S/C18H24N4O4S/c1-21(2)27(24,25)13-16-11-26-12-17(16)20-18(23)15-8-19-22(10-15)9-14-6-4-3-5-7-14/h3-8,10,16-17H,9,11-13H2,1-2H3,(H,20,23)/t16-,17-/m0/s1. The van der Waals surface area contributed by atoms with Crippen molar-refractivity contribution in [2.24, 2.45) is 5.92 Å². The minimum absolute atomic E-state index is 0.0573. The lowest BCUT2D eigenvalue weighted by Gasteiger charge is -2.20. The highest BCUT2D eigenvalue weighted by molar-refractivity contribution is 7.89. The molecule has 1 aliphatic heterocycles. The summed E-state index contributed by atoms with van der Waals surface area (Å²) in [5.41, 5.74) is 1.53. The SMILES string of the molecule is CN(C)S(=O)(=O)C[C@@H]1COC[C@@H]1NC(=O)c1cnn(Cc2ccccc2)c1. The summed E-state index contributed by atoms with van der Waals surface area (Å²) in [5.74, 6) is -0.615. The number of nitrogens with one attached hydrogen (secondary N) is 1. The second-order valence-corrected chi connectivity index (χ2v) is 9.08. The van der Waals surface area contributed by atoms with E-state index in [1.54, 1.807) is 10.9 Å². The van der Waals surface area contributed by atoms with Crippen molar-refractivity contribution >= 4 is 15.9 Å². The van der Waals surface area contributed by atoms with Gasteiger partial charge >= 0.3 is 0 Å². The molecule has 1 amide bonds. The molecule has 27 heavy (non-hydrogen) atoms. The first kappa shape index (κ1) is 19.5. The minimum atomic E-state index is -3.36. The molecule has 0 unspecified atom stereocenters. The number of benzene rings is 1. The summed E-state index contributed by atoms with van der Waals surface area (Å²) in [6, 6.07) is 9.50. The van der Waals surface area contributed by atoms with Gasteiger partial charge in [0.25, 0.3) is 5.91 Å². The number of hydrogen-bond donors (Lipinski definition) is 1. The number of ether oxygens (including phenoxy) is 1.